The highest BCUT2D eigenvalue weighted by Gasteiger charge is 2.22. The van der Waals surface area contributed by atoms with Crippen LogP contribution in [0.15, 0.2) is 41.7 Å². The molecule has 1 aromatic carbocycles. The highest BCUT2D eigenvalue weighted by Crippen LogP contribution is 2.37. The van der Waals surface area contributed by atoms with Crippen molar-refractivity contribution in [2.24, 2.45) is 4.99 Å². The SMILES string of the molecule is COc1c(OCC(O)CN2CCSCC2)ccc2c3n(c(=NC(=O)c4cccnc4)nc12)CCN3. The van der Waals surface area contributed by atoms with Gasteiger partial charge in [0.15, 0.2) is 11.5 Å². The molecule has 10 nitrogen and oxygen atoms in total. The van der Waals surface area contributed by atoms with Gasteiger partial charge < -0.3 is 19.9 Å². The Kier molecular flexibility index (Phi) is 7.16. The van der Waals surface area contributed by atoms with Gasteiger partial charge in [-0.3, -0.25) is 19.2 Å². The molecule has 0 bridgehead atoms. The number of amides is 1. The normalized spacial score (nSPS) is 17.1. The summed E-state index contributed by atoms with van der Waals surface area (Å²) >= 11 is 1.94. The number of rotatable bonds is 7. The van der Waals surface area contributed by atoms with Crippen molar-refractivity contribution in [2.75, 3.05) is 56.7 Å². The first-order valence-electron chi connectivity index (χ1n) is 11.6. The first kappa shape index (κ1) is 23.6. The lowest BCUT2D eigenvalue weighted by molar-refractivity contribution is 0.0705. The fourth-order valence-electron chi connectivity index (χ4n) is 4.31. The van der Waals surface area contributed by atoms with E-state index in [0.717, 1.165) is 35.8 Å². The molecule has 2 aliphatic heterocycles. The van der Waals surface area contributed by atoms with Gasteiger partial charge in [-0.1, -0.05) is 0 Å². The molecule has 35 heavy (non-hydrogen) atoms. The van der Waals surface area contributed by atoms with Crippen LogP contribution in [0, 0.1) is 0 Å². The van der Waals surface area contributed by atoms with Gasteiger partial charge in [0, 0.05) is 62.0 Å². The molecule has 1 amide bonds. The quantitative estimate of drug-likeness (QED) is 0.501. The molecular weight excluding hydrogens is 468 g/mol. The summed E-state index contributed by atoms with van der Waals surface area (Å²) in [6.07, 6.45) is 2.47. The van der Waals surface area contributed by atoms with E-state index in [1.165, 1.54) is 6.20 Å². The van der Waals surface area contributed by atoms with Gasteiger partial charge in [0.2, 0.25) is 5.62 Å². The van der Waals surface area contributed by atoms with Crippen LogP contribution in [-0.2, 0) is 6.54 Å². The number of hydrogen-bond donors (Lipinski definition) is 2. The van der Waals surface area contributed by atoms with Crippen LogP contribution in [0.5, 0.6) is 11.5 Å². The van der Waals surface area contributed by atoms with E-state index in [9.17, 15) is 9.90 Å². The summed E-state index contributed by atoms with van der Waals surface area (Å²) in [5.74, 6) is 3.49. The molecule has 1 saturated heterocycles. The summed E-state index contributed by atoms with van der Waals surface area (Å²) < 4.78 is 13.5. The number of hydrogen-bond acceptors (Lipinski definition) is 9. The molecule has 2 N–H and O–H groups in total. The third-order valence-corrected chi connectivity index (χ3v) is 6.96. The summed E-state index contributed by atoms with van der Waals surface area (Å²) in [5.41, 5.74) is 1.20. The van der Waals surface area contributed by atoms with E-state index in [1.54, 1.807) is 25.4 Å². The van der Waals surface area contributed by atoms with Crippen molar-refractivity contribution < 1.29 is 19.4 Å². The van der Waals surface area contributed by atoms with Crippen LogP contribution in [0.3, 0.4) is 0 Å². The Hall–Kier alpha value is -3.15. The average molecular weight is 497 g/mol. The van der Waals surface area contributed by atoms with E-state index in [4.69, 9.17) is 14.5 Å². The Bertz CT molecular complexity index is 1280. The van der Waals surface area contributed by atoms with Gasteiger partial charge in [0.05, 0.1) is 12.7 Å². The molecule has 1 atom stereocenters. The minimum atomic E-state index is -0.619. The zero-order chi connectivity index (χ0) is 24.2. The monoisotopic (exact) mass is 496 g/mol. The number of carbonyl (C=O) groups excluding carboxylic acids is 1. The van der Waals surface area contributed by atoms with Crippen LogP contribution in [0.1, 0.15) is 10.4 Å². The predicted molar refractivity (Wildman–Crippen MR) is 134 cm³/mol. The molecule has 2 aromatic heterocycles. The molecule has 1 unspecified atom stereocenters. The number of anilines is 1. The molecule has 2 aliphatic rings. The summed E-state index contributed by atoms with van der Waals surface area (Å²) in [5, 5.41) is 14.7. The summed E-state index contributed by atoms with van der Waals surface area (Å²) in [6, 6.07) is 7.10. The lowest BCUT2D eigenvalue weighted by atomic mass is 10.2. The highest BCUT2D eigenvalue weighted by molar-refractivity contribution is 7.99. The van der Waals surface area contributed by atoms with E-state index >= 15 is 0 Å². The number of benzene rings is 1. The van der Waals surface area contributed by atoms with Crippen molar-refractivity contribution in [1.29, 1.82) is 0 Å². The highest BCUT2D eigenvalue weighted by atomic mass is 32.2. The number of ether oxygens (including phenoxy) is 2. The van der Waals surface area contributed by atoms with Gasteiger partial charge in [-0.15, -0.1) is 0 Å². The van der Waals surface area contributed by atoms with E-state index in [1.807, 2.05) is 28.5 Å². The minimum Gasteiger partial charge on any atom is -0.491 e. The van der Waals surface area contributed by atoms with Gasteiger partial charge in [-0.25, -0.2) is 4.98 Å². The topological polar surface area (TPSA) is 114 Å². The van der Waals surface area contributed by atoms with Gasteiger partial charge in [-0.05, 0) is 24.3 Å². The Labute approximate surface area is 207 Å². The first-order chi connectivity index (χ1) is 17.1. The van der Waals surface area contributed by atoms with Crippen molar-refractivity contribution >= 4 is 34.4 Å². The zero-order valence-corrected chi connectivity index (χ0v) is 20.3. The second-order valence-electron chi connectivity index (χ2n) is 8.37. The van der Waals surface area contributed by atoms with Gasteiger partial charge in [0.25, 0.3) is 5.91 Å². The molecular formula is C24H28N6O4S. The van der Waals surface area contributed by atoms with Crippen LogP contribution in [0.2, 0.25) is 0 Å². The second kappa shape index (κ2) is 10.6. The zero-order valence-electron chi connectivity index (χ0n) is 19.5. The molecule has 11 heteroatoms. The number of thioether (sulfide) groups is 1. The Morgan fingerprint density at radius 2 is 2.14 bits per heavy atom. The molecule has 0 spiro atoms. The van der Waals surface area contributed by atoms with Crippen molar-refractivity contribution in [3.05, 3.63) is 47.8 Å². The molecule has 0 saturated carbocycles. The fraction of sp³-hybridized carbons (Fsp3) is 0.417. The van der Waals surface area contributed by atoms with E-state index in [2.05, 4.69) is 20.2 Å². The van der Waals surface area contributed by atoms with Gasteiger partial charge in [0.1, 0.15) is 24.0 Å². The Balaban J connectivity index is 1.46. The van der Waals surface area contributed by atoms with E-state index < -0.39 is 12.0 Å². The largest absolute Gasteiger partial charge is 0.491 e. The molecule has 0 aliphatic carbocycles. The van der Waals surface area contributed by atoms with Crippen molar-refractivity contribution in [3.63, 3.8) is 0 Å². The third kappa shape index (κ3) is 5.12. The molecule has 4 heterocycles. The van der Waals surface area contributed by atoms with Crippen molar-refractivity contribution in [1.82, 2.24) is 19.4 Å². The first-order valence-corrected chi connectivity index (χ1v) is 12.7. The number of methoxy groups -OCH3 is 1. The number of fused-ring (bicyclic) bond motifs is 3. The molecule has 184 valence electrons. The maximum absolute atomic E-state index is 12.7. The van der Waals surface area contributed by atoms with Gasteiger partial charge in [-0.2, -0.15) is 16.8 Å². The molecule has 0 radical (unpaired) electrons. The standard InChI is InChI=1S/C24H28N6O4S/c1-33-21-19(34-15-17(31)14-29-9-11-35-12-10-29)5-4-18-20(21)27-24(30-8-7-26-22(18)30)28-23(32)16-3-2-6-25-13-16/h2-6,13,17,26,31H,7-12,14-15H2,1H3. The summed E-state index contributed by atoms with van der Waals surface area (Å²) in [6.45, 7) is 4.00. The second-order valence-corrected chi connectivity index (χ2v) is 9.59. The van der Waals surface area contributed by atoms with E-state index in [0.29, 0.717) is 42.2 Å². The van der Waals surface area contributed by atoms with Crippen LogP contribution >= 0.6 is 11.8 Å². The Morgan fingerprint density at radius 1 is 1.29 bits per heavy atom. The molecule has 5 rings (SSSR count). The number of aliphatic hydroxyl groups is 1. The van der Waals surface area contributed by atoms with Gasteiger partial charge >= 0.3 is 0 Å². The maximum atomic E-state index is 12.7. The number of pyridine rings is 1. The smallest absolute Gasteiger partial charge is 0.281 e. The van der Waals surface area contributed by atoms with Crippen LogP contribution in [0.4, 0.5) is 5.82 Å². The van der Waals surface area contributed by atoms with E-state index in [-0.39, 0.29) is 12.2 Å². The number of aromatic nitrogens is 3. The van der Waals surface area contributed by atoms with Crippen LogP contribution < -0.4 is 20.4 Å². The number of nitrogens with zero attached hydrogens (tertiary/aromatic N) is 5. The summed E-state index contributed by atoms with van der Waals surface area (Å²) in [4.78, 5) is 28.0. The summed E-state index contributed by atoms with van der Waals surface area (Å²) in [7, 11) is 1.55. The maximum Gasteiger partial charge on any atom is 0.281 e. The predicted octanol–water partition coefficient (Wildman–Crippen LogP) is 1.39. The minimum absolute atomic E-state index is 0.139. The number of carbonyl (C=O) groups is 1. The van der Waals surface area contributed by atoms with Crippen molar-refractivity contribution in [3.8, 4) is 11.5 Å². The number of nitrogens with one attached hydrogen (secondary N) is 1. The molecule has 3 aromatic rings. The lowest BCUT2D eigenvalue weighted by Gasteiger charge is -2.28. The Morgan fingerprint density at radius 3 is 2.91 bits per heavy atom. The average Bonchev–Trinajstić information content (AvgIpc) is 3.39. The van der Waals surface area contributed by atoms with Crippen LogP contribution in [0.25, 0.3) is 10.9 Å². The third-order valence-electron chi connectivity index (χ3n) is 6.02. The lowest BCUT2D eigenvalue weighted by Crippen LogP contribution is -2.40. The molecule has 1 fully saturated rings. The number of β-amino-alcohol motifs (C(OH)–C–C–N with tert-alkyl or cyclic N) is 1. The van der Waals surface area contributed by atoms with Crippen molar-refractivity contribution in [2.45, 2.75) is 12.6 Å². The fourth-order valence-corrected chi connectivity index (χ4v) is 5.29. The van der Waals surface area contributed by atoms with Crippen LogP contribution in [-0.4, -0.2) is 88.0 Å². The number of aliphatic hydroxyl groups excluding tert-OH is 1.